The van der Waals surface area contributed by atoms with Crippen molar-refractivity contribution < 1.29 is 9.53 Å². The first-order chi connectivity index (χ1) is 9.04. The minimum absolute atomic E-state index is 0.118. The third kappa shape index (κ3) is 5.81. The topological polar surface area (TPSA) is 38.3 Å². The largest absolute Gasteiger partial charge is 0.466 e. The molecule has 0 heterocycles. The van der Waals surface area contributed by atoms with Crippen LogP contribution in [0.2, 0.25) is 10.0 Å². The first-order valence-corrected chi connectivity index (χ1v) is 7.14. The number of esters is 1. The van der Waals surface area contributed by atoms with Gasteiger partial charge in [-0.15, -0.1) is 0 Å². The van der Waals surface area contributed by atoms with Crippen LogP contribution in [0.1, 0.15) is 38.3 Å². The van der Waals surface area contributed by atoms with Crippen LogP contribution in [0.3, 0.4) is 0 Å². The first kappa shape index (κ1) is 16.3. The Balaban J connectivity index is 2.35. The molecule has 0 radical (unpaired) electrons. The fourth-order valence-corrected chi connectivity index (χ4v) is 2.32. The number of ether oxygens (including phenoxy) is 1. The van der Waals surface area contributed by atoms with E-state index in [9.17, 15) is 4.79 Å². The maximum atomic E-state index is 11.2. The molecule has 19 heavy (non-hydrogen) atoms. The fraction of sp³-hybridized carbons (Fsp3) is 0.500. The third-order valence-corrected chi connectivity index (χ3v) is 3.30. The van der Waals surface area contributed by atoms with Crippen molar-refractivity contribution in [1.29, 1.82) is 0 Å². The van der Waals surface area contributed by atoms with Crippen molar-refractivity contribution in [3.63, 3.8) is 0 Å². The Morgan fingerprint density at radius 2 is 2.16 bits per heavy atom. The van der Waals surface area contributed by atoms with Crippen LogP contribution in [0.4, 0.5) is 0 Å². The predicted octanol–water partition coefficient (Wildman–Crippen LogP) is 3.99. The molecule has 1 aromatic rings. The molecule has 1 unspecified atom stereocenters. The van der Waals surface area contributed by atoms with Crippen LogP contribution in [0.5, 0.6) is 0 Å². The highest BCUT2D eigenvalue weighted by Gasteiger charge is 2.09. The maximum absolute atomic E-state index is 11.2. The highest BCUT2D eigenvalue weighted by atomic mass is 35.5. The molecule has 1 atom stereocenters. The van der Waals surface area contributed by atoms with Gasteiger partial charge in [-0.25, -0.2) is 0 Å². The number of carbonyl (C=O) groups is 1. The SMILES string of the molecule is CCOC(=O)CCCNC(C)c1ccc(Cl)cc1Cl. The van der Waals surface area contributed by atoms with Gasteiger partial charge in [-0.2, -0.15) is 0 Å². The summed E-state index contributed by atoms with van der Waals surface area (Å²) in [7, 11) is 0. The summed E-state index contributed by atoms with van der Waals surface area (Å²) in [5.41, 5.74) is 1.00. The lowest BCUT2D eigenvalue weighted by Crippen LogP contribution is -2.21. The second-order valence-corrected chi connectivity index (χ2v) is 5.09. The van der Waals surface area contributed by atoms with Crippen LogP contribution in [0.15, 0.2) is 18.2 Å². The normalized spacial score (nSPS) is 12.2. The van der Waals surface area contributed by atoms with E-state index in [0.29, 0.717) is 23.1 Å². The second-order valence-electron chi connectivity index (χ2n) is 4.25. The Bertz CT molecular complexity index is 424. The van der Waals surface area contributed by atoms with Crippen molar-refractivity contribution in [2.75, 3.05) is 13.2 Å². The zero-order chi connectivity index (χ0) is 14.3. The second kappa shape index (κ2) is 8.41. The van der Waals surface area contributed by atoms with Gasteiger partial charge in [0.05, 0.1) is 6.61 Å². The Hall–Kier alpha value is -0.770. The molecule has 0 fully saturated rings. The van der Waals surface area contributed by atoms with E-state index in [1.165, 1.54) is 0 Å². The summed E-state index contributed by atoms with van der Waals surface area (Å²) in [6, 6.07) is 5.58. The van der Waals surface area contributed by atoms with Gasteiger partial charge in [0.2, 0.25) is 0 Å². The molecule has 0 aliphatic heterocycles. The number of nitrogens with one attached hydrogen (secondary N) is 1. The number of hydrogen-bond acceptors (Lipinski definition) is 3. The number of benzene rings is 1. The van der Waals surface area contributed by atoms with Crippen LogP contribution >= 0.6 is 23.2 Å². The van der Waals surface area contributed by atoms with Gasteiger partial charge in [0.15, 0.2) is 0 Å². The number of halogens is 2. The molecule has 5 heteroatoms. The van der Waals surface area contributed by atoms with E-state index in [1.54, 1.807) is 13.0 Å². The van der Waals surface area contributed by atoms with Crippen molar-refractivity contribution in [1.82, 2.24) is 5.32 Å². The van der Waals surface area contributed by atoms with E-state index in [2.05, 4.69) is 5.32 Å². The van der Waals surface area contributed by atoms with Gasteiger partial charge in [-0.3, -0.25) is 4.79 Å². The predicted molar refractivity (Wildman–Crippen MR) is 78.7 cm³/mol. The van der Waals surface area contributed by atoms with E-state index in [1.807, 2.05) is 19.1 Å². The molecule has 1 N–H and O–H groups in total. The Morgan fingerprint density at radius 3 is 2.79 bits per heavy atom. The van der Waals surface area contributed by atoms with Crippen molar-refractivity contribution in [2.45, 2.75) is 32.7 Å². The highest BCUT2D eigenvalue weighted by Crippen LogP contribution is 2.25. The van der Waals surface area contributed by atoms with Crippen LogP contribution < -0.4 is 5.32 Å². The van der Waals surface area contributed by atoms with Gasteiger partial charge in [0, 0.05) is 22.5 Å². The molecule has 0 spiro atoms. The van der Waals surface area contributed by atoms with Gasteiger partial charge in [0.25, 0.3) is 0 Å². The van der Waals surface area contributed by atoms with Crippen molar-refractivity contribution in [2.24, 2.45) is 0 Å². The smallest absolute Gasteiger partial charge is 0.305 e. The lowest BCUT2D eigenvalue weighted by atomic mass is 10.1. The van der Waals surface area contributed by atoms with Crippen LogP contribution in [0, 0.1) is 0 Å². The quantitative estimate of drug-likeness (QED) is 0.611. The maximum Gasteiger partial charge on any atom is 0.305 e. The van der Waals surface area contributed by atoms with Gasteiger partial charge in [-0.05, 0) is 44.5 Å². The molecular formula is C14H19Cl2NO2. The Kier molecular flexibility index (Phi) is 7.21. The molecule has 1 rings (SSSR count). The molecule has 0 amide bonds. The Morgan fingerprint density at radius 1 is 1.42 bits per heavy atom. The average Bonchev–Trinajstić information content (AvgIpc) is 2.34. The third-order valence-electron chi connectivity index (χ3n) is 2.74. The van der Waals surface area contributed by atoms with Gasteiger partial charge < -0.3 is 10.1 Å². The molecule has 106 valence electrons. The summed E-state index contributed by atoms with van der Waals surface area (Å²) in [4.78, 5) is 11.2. The number of rotatable bonds is 7. The summed E-state index contributed by atoms with van der Waals surface area (Å²) >= 11 is 12.0. The van der Waals surface area contributed by atoms with E-state index < -0.39 is 0 Å². The summed E-state index contributed by atoms with van der Waals surface area (Å²) in [6.07, 6.45) is 1.18. The summed E-state index contributed by atoms with van der Waals surface area (Å²) in [5, 5.41) is 4.60. The molecule has 1 aromatic carbocycles. The number of hydrogen-bond donors (Lipinski definition) is 1. The summed E-state index contributed by atoms with van der Waals surface area (Å²) in [5.74, 6) is -0.151. The van der Waals surface area contributed by atoms with E-state index >= 15 is 0 Å². The van der Waals surface area contributed by atoms with E-state index in [0.717, 1.165) is 18.5 Å². The molecule has 0 aromatic heterocycles. The lowest BCUT2D eigenvalue weighted by Gasteiger charge is -2.15. The van der Waals surface area contributed by atoms with E-state index in [4.69, 9.17) is 27.9 Å². The highest BCUT2D eigenvalue weighted by molar-refractivity contribution is 6.35. The minimum atomic E-state index is -0.151. The van der Waals surface area contributed by atoms with Crippen molar-refractivity contribution in [3.05, 3.63) is 33.8 Å². The van der Waals surface area contributed by atoms with E-state index in [-0.39, 0.29) is 12.0 Å². The van der Waals surface area contributed by atoms with Crippen LogP contribution in [-0.2, 0) is 9.53 Å². The molecule has 0 saturated carbocycles. The monoisotopic (exact) mass is 303 g/mol. The molecule has 3 nitrogen and oxygen atoms in total. The van der Waals surface area contributed by atoms with Gasteiger partial charge in [-0.1, -0.05) is 29.3 Å². The molecule has 0 aliphatic rings. The van der Waals surface area contributed by atoms with Crippen LogP contribution in [0.25, 0.3) is 0 Å². The zero-order valence-electron chi connectivity index (χ0n) is 11.2. The summed E-state index contributed by atoms with van der Waals surface area (Å²) in [6.45, 7) is 5.00. The molecule has 0 saturated heterocycles. The van der Waals surface area contributed by atoms with Crippen LogP contribution in [-0.4, -0.2) is 19.1 Å². The summed E-state index contributed by atoms with van der Waals surface area (Å²) < 4.78 is 4.86. The fourth-order valence-electron chi connectivity index (χ4n) is 1.75. The molecule has 0 aliphatic carbocycles. The average molecular weight is 304 g/mol. The first-order valence-electron chi connectivity index (χ1n) is 6.38. The minimum Gasteiger partial charge on any atom is -0.466 e. The number of carbonyl (C=O) groups excluding carboxylic acids is 1. The van der Waals surface area contributed by atoms with Gasteiger partial charge in [0.1, 0.15) is 0 Å². The van der Waals surface area contributed by atoms with Crippen molar-refractivity contribution in [3.8, 4) is 0 Å². The standard InChI is InChI=1S/C14H19Cl2NO2/c1-3-19-14(18)5-4-8-17-10(2)12-7-6-11(15)9-13(12)16/h6-7,9-10,17H,3-5,8H2,1-2H3. The van der Waals surface area contributed by atoms with Gasteiger partial charge >= 0.3 is 5.97 Å². The Labute approximate surface area is 124 Å². The zero-order valence-corrected chi connectivity index (χ0v) is 12.7. The molecular weight excluding hydrogens is 285 g/mol. The lowest BCUT2D eigenvalue weighted by molar-refractivity contribution is -0.143. The molecule has 0 bridgehead atoms. The van der Waals surface area contributed by atoms with Crippen molar-refractivity contribution >= 4 is 29.2 Å².